The minimum absolute atomic E-state index is 0.0816. The van der Waals surface area contributed by atoms with Crippen LogP contribution in [0.2, 0.25) is 0 Å². The van der Waals surface area contributed by atoms with E-state index in [2.05, 4.69) is 43.2 Å². The number of hydrogen-bond acceptors (Lipinski definition) is 3. The van der Waals surface area contributed by atoms with E-state index in [1.807, 2.05) is 35.2 Å². The van der Waals surface area contributed by atoms with Crippen molar-refractivity contribution in [3.8, 4) is 0 Å². The van der Waals surface area contributed by atoms with E-state index in [0.29, 0.717) is 6.54 Å². The number of aromatic nitrogens is 1. The second-order valence-corrected chi connectivity index (χ2v) is 10.1. The van der Waals surface area contributed by atoms with Crippen LogP contribution in [0.1, 0.15) is 61.6 Å². The molecule has 1 N–H and O–H groups in total. The van der Waals surface area contributed by atoms with Crippen LogP contribution in [0.3, 0.4) is 0 Å². The number of benzene rings is 1. The van der Waals surface area contributed by atoms with Crippen LogP contribution in [0, 0.1) is 11.3 Å². The number of likely N-dealkylation sites (tertiary alicyclic amines) is 1. The molecular formula is C26H33N3O2. The molecule has 1 aromatic carbocycles. The predicted octanol–water partition coefficient (Wildman–Crippen LogP) is 3.98. The fourth-order valence-electron chi connectivity index (χ4n) is 4.70. The number of carbonyl (C=O) groups is 2. The lowest BCUT2D eigenvalue weighted by Gasteiger charge is -2.33. The average molecular weight is 420 g/mol. The molecule has 1 aliphatic carbocycles. The third kappa shape index (κ3) is 4.81. The van der Waals surface area contributed by atoms with Crippen LogP contribution < -0.4 is 5.32 Å². The Bertz CT molecular complexity index is 923. The maximum absolute atomic E-state index is 12.9. The number of carbonyl (C=O) groups excluding carboxylic acids is 2. The molecular weight excluding hydrogens is 386 g/mol. The normalized spacial score (nSPS) is 19.8. The second-order valence-electron chi connectivity index (χ2n) is 10.1. The Kier molecular flexibility index (Phi) is 5.87. The van der Waals surface area contributed by atoms with Crippen molar-refractivity contribution in [1.29, 1.82) is 0 Å². The smallest absolute Gasteiger partial charge is 0.253 e. The molecule has 0 radical (unpaired) electrons. The summed E-state index contributed by atoms with van der Waals surface area (Å²) in [5.74, 6) is 0.361. The molecule has 0 unspecified atom stereocenters. The van der Waals surface area contributed by atoms with Gasteiger partial charge in [0.1, 0.15) is 0 Å². The van der Waals surface area contributed by atoms with Crippen LogP contribution in [0.25, 0.3) is 0 Å². The highest BCUT2D eigenvalue weighted by atomic mass is 16.2. The molecule has 5 heteroatoms. The molecule has 164 valence electrons. The number of piperidine rings is 1. The minimum atomic E-state index is 0.0816. The van der Waals surface area contributed by atoms with E-state index < -0.39 is 0 Å². The maximum Gasteiger partial charge on any atom is 0.253 e. The zero-order valence-electron chi connectivity index (χ0n) is 18.9. The standard InChI is InChI=1S/C26H33N3O2/c1-25(2,3)20-9-7-19(8-10-20)24(31)29-16-12-26(13-17-29)18-22(26)23(30)28-15-11-21-6-4-5-14-27-21/h4-10,14,22H,11-13,15-18H2,1-3H3,(H,28,30)/t22-/m1/s1. The van der Waals surface area contributed by atoms with Crippen LogP contribution in [0.4, 0.5) is 0 Å². The van der Waals surface area contributed by atoms with Crippen molar-refractivity contribution < 1.29 is 9.59 Å². The summed E-state index contributed by atoms with van der Waals surface area (Å²) in [5, 5.41) is 3.08. The average Bonchev–Trinajstić information content (AvgIpc) is 3.47. The van der Waals surface area contributed by atoms with Crippen molar-refractivity contribution >= 4 is 11.8 Å². The molecule has 2 amide bonds. The molecule has 1 saturated heterocycles. The summed E-state index contributed by atoms with van der Waals surface area (Å²) < 4.78 is 0. The minimum Gasteiger partial charge on any atom is -0.355 e. The summed E-state index contributed by atoms with van der Waals surface area (Å²) in [4.78, 5) is 31.8. The molecule has 5 nitrogen and oxygen atoms in total. The van der Waals surface area contributed by atoms with Gasteiger partial charge in [0.15, 0.2) is 0 Å². The summed E-state index contributed by atoms with van der Waals surface area (Å²) in [6, 6.07) is 13.9. The molecule has 1 saturated carbocycles. The van der Waals surface area contributed by atoms with Gasteiger partial charge >= 0.3 is 0 Å². The second kappa shape index (κ2) is 8.45. The largest absolute Gasteiger partial charge is 0.355 e. The quantitative estimate of drug-likeness (QED) is 0.797. The third-order valence-electron chi connectivity index (χ3n) is 6.96. The van der Waals surface area contributed by atoms with Gasteiger partial charge in [0.2, 0.25) is 5.91 Å². The van der Waals surface area contributed by atoms with Crippen LogP contribution in [0.15, 0.2) is 48.7 Å². The molecule has 31 heavy (non-hydrogen) atoms. The number of nitrogens with zero attached hydrogens (tertiary/aromatic N) is 2. The molecule has 2 heterocycles. The summed E-state index contributed by atoms with van der Waals surface area (Å²) in [6.07, 6.45) is 5.31. The van der Waals surface area contributed by atoms with Gasteiger partial charge in [-0.2, -0.15) is 0 Å². The number of hydrogen-bond donors (Lipinski definition) is 1. The first-order valence-electron chi connectivity index (χ1n) is 11.4. The molecule has 1 aromatic heterocycles. The van der Waals surface area contributed by atoms with Gasteiger partial charge in [0.05, 0.1) is 0 Å². The van der Waals surface area contributed by atoms with Gasteiger partial charge in [-0.05, 0) is 59.9 Å². The zero-order chi connectivity index (χ0) is 22.1. The van der Waals surface area contributed by atoms with Crippen molar-refractivity contribution in [2.45, 2.75) is 51.9 Å². The lowest BCUT2D eigenvalue weighted by molar-refractivity contribution is -0.123. The van der Waals surface area contributed by atoms with Gasteiger partial charge < -0.3 is 10.2 Å². The Labute approximate surface area is 185 Å². The Morgan fingerprint density at radius 2 is 1.81 bits per heavy atom. The van der Waals surface area contributed by atoms with Crippen molar-refractivity contribution in [3.63, 3.8) is 0 Å². The third-order valence-corrected chi connectivity index (χ3v) is 6.96. The monoisotopic (exact) mass is 419 g/mol. The van der Waals surface area contributed by atoms with E-state index in [1.165, 1.54) is 5.56 Å². The Hall–Kier alpha value is -2.69. The van der Waals surface area contributed by atoms with E-state index in [9.17, 15) is 9.59 Å². The predicted molar refractivity (Wildman–Crippen MR) is 122 cm³/mol. The molecule has 2 aromatic rings. The van der Waals surface area contributed by atoms with Crippen LogP contribution in [0.5, 0.6) is 0 Å². The zero-order valence-corrected chi connectivity index (χ0v) is 18.9. The summed E-state index contributed by atoms with van der Waals surface area (Å²) in [5.41, 5.74) is 3.16. The number of nitrogens with one attached hydrogen (secondary N) is 1. The first-order chi connectivity index (χ1) is 14.8. The highest BCUT2D eigenvalue weighted by Crippen LogP contribution is 2.59. The fourth-order valence-corrected chi connectivity index (χ4v) is 4.70. The SMILES string of the molecule is CC(C)(C)c1ccc(C(=O)N2CCC3(CC2)C[C@@H]3C(=O)NCCc2ccccn2)cc1. The molecule has 0 bridgehead atoms. The number of pyridine rings is 1. The highest BCUT2D eigenvalue weighted by molar-refractivity contribution is 5.94. The maximum atomic E-state index is 12.9. The number of rotatable bonds is 5. The van der Waals surface area contributed by atoms with Gasteiger partial charge in [-0.3, -0.25) is 14.6 Å². The molecule has 1 spiro atoms. The fraction of sp³-hybridized carbons (Fsp3) is 0.500. The van der Waals surface area contributed by atoms with Crippen LogP contribution in [-0.4, -0.2) is 41.3 Å². The van der Waals surface area contributed by atoms with E-state index >= 15 is 0 Å². The van der Waals surface area contributed by atoms with E-state index in [4.69, 9.17) is 0 Å². The first kappa shape index (κ1) is 21.5. The van der Waals surface area contributed by atoms with Crippen molar-refractivity contribution in [2.75, 3.05) is 19.6 Å². The van der Waals surface area contributed by atoms with Gasteiger partial charge in [-0.1, -0.05) is 39.0 Å². The Morgan fingerprint density at radius 3 is 2.42 bits per heavy atom. The van der Waals surface area contributed by atoms with Crippen LogP contribution >= 0.6 is 0 Å². The lowest BCUT2D eigenvalue weighted by atomic mass is 9.86. The topological polar surface area (TPSA) is 62.3 Å². The van der Waals surface area contributed by atoms with E-state index in [0.717, 1.165) is 50.0 Å². The molecule has 4 rings (SSSR count). The van der Waals surface area contributed by atoms with Crippen LogP contribution in [-0.2, 0) is 16.6 Å². The summed E-state index contributed by atoms with van der Waals surface area (Å²) in [6.45, 7) is 8.62. The molecule has 1 aliphatic heterocycles. The Morgan fingerprint density at radius 1 is 1.10 bits per heavy atom. The highest BCUT2D eigenvalue weighted by Gasteiger charge is 2.58. The molecule has 2 fully saturated rings. The van der Waals surface area contributed by atoms with Gasteiger partial charge in [-0.25, -0.2) is 0 Å². The molecule has 2 aliphatic rings. The summed E-state index contributed by atoms with van der Waals surface area (Å²) >= 11 is 0. The van der Waals surface area contributed by atoms with Gasteiger partial charge in [0.25, 0.3) is 5.91 Å². The van der Waals surface area contributed by atoms with E-state index in [-0.39, 0.29) is 28.6 Å². The summed E-state index contributed by atoms with van der Waals surface area (Å²) in [7, 11) is 0. The van der Waals surface area contributed by atoms with Gasteiger partial charge in [-0.15, -0.1) is 0 Å². The van der Waals surface area contributed by atoms with E-state index in [1.54, 1.807) is 6.20 Å². The Balaban J connectivity index is 1.25. The molecule has 1 atom stereocenters. The van der Waals surface area contributed by atoms with Crippen molar-refractivity contribution in [1.82, 2.24) is 15.2 Å². The first-order valence-corrected chi connectivity index (χ1v) is 11.4. The van der Waals surface area contributed by atoms with Crippen molar-refractivity contribution in [3.05, 3.63) is 65.5 Å². The van der Waals surface area contributed by atoms with Gasteiger partial charge in [0, 0.05) is 49.4 Å². The number of amides is 2. The lowest BCUT2D eigenvalue weighted by Crippen LogP contribution is -2.40. The van der Waals surface area contributed by atoms with Crippen molar-refractivity contribution in [2.24, 2.45) is 11.3 Å².